The highest BCUT2D eigenvalue weighted by molar-refractivity contribution is 7.47. The van der Waals surface area contributed by atoms with Crippen molar-refractivity contribution in [3.05, 3.63) is 48.6 Å². The zero-order valence-corrected chi connectivity index (χ0v) is 30.1. The number of phosphoric acid groups is 1. The first-order valence-corrected chi connectivity index (χ1v) is 19.4. The van der Waals surface area contributed by atoms with Crippen molar-refractivity contribution in [1.82, 2.24) is 0 Å². The molecular weight excluding hydrogens is 603 g/mol. The van der Waals surface area contributed by atoms with Gasteiger partial charge in [-0.05, 0) is 77.6 Å². The highest BCUT2D eigenvalue weighted by Crippen LogP contribution is 2.43. The van der Waals surface area contributed by atoms with Crippen molar-refractivity contribution in [2.24, 2.45) is 0 Å². The lowest BCUT2D eigenvalue weighted by Gasteiger charge is -2.19. The smallest absolute Gasteiger partial charge is 0.462 e. The van der Waals surface area contributed by atoms with E-state index in [0.717, 1.165) is 77.0 Å². The van der Waals surface area contributed by atoms with Crippen LogP contribution < -0.4 is 0 Å². The van der Waals surface area contributed by atoms with Crippen molar-refractivity contribution in [2.75, 3.05) is 19.8 Å². The van der Waals surface area contributed by atoms with Gasteiger partial charge in [-0.2, -0.15) is 0 Å². The molecule has 0 aromatic carbocycles. The van der Waals surface area contributed by atoms with Gasteiger partial charge < -0.3 is 14.4 Å². The summed E-state index contributed by atoms with van der Waals surface area (Å²) in [6.07, 6.45) is 35.9. The van der Waals surface area contributed by atoms with Crippen molar-refractivity contribution >= 4 is 19.8 Å². The van der Waals surface area contributed by atoms with Crippen LogP contribution in [0.15, 0.2) is 48.6 Å². The summed E-state index contributed by atoms with van der Waals surface area (Å²) in [6, 6.07) is 0. The Labute approximate surface area is 280 Å². The molecule has 0 saturated carbocycles. The van der Waals surface area contributed by atoms with Crippen molar-refractivity contribution in [2.45, 2.75) is 155 Å². The summed E-state index contributed by atoms with van der Waals surface area (Å²) >= 11 is 0. The molecule has 0 aliphatic rings. The van der Waals surface area contributed by atoms with Crippen LogP contribution in [0.25, 0.3) is 0 Å². The van der Waals surface area contributed by atoms with Crippen LogP contribution in [0.1, 0.15) is 149 Å². The van der Waals surface area contributed by atoms with E-state index in [0.29, 0.717) is 6.42 Å². The molecule has 0 heterocycles. The van der Waals surface area contributed by atoms with Crippen LogP contribution in [0.5, 0.6) is 0 Å². The third-order valence-electron chi connectivity index (χ3n) is 7.12. The largest absolute Gasteiger partial charge is 0.472 e. The molecule has 1 N–H and O–H groups in total. The molecule has 0 aromatic rings. The predicted molar refractivity (Wildman–Crippen MR) is 188 cm³/mol. The van der Waals surface area contributed by atoms with E-state index in [1.807, 2.05) is 0 Å². The molecule has 2 atom stereocenters. The Kier molecular flexibility index (Phi) is 31.5. The SMILES string of the molecule is CC/C=C\C/C=C\C/C=C\CCCCCC(=O)OC(COC(=O)CCCCCCC/C=C\CCCCCC)COP(=O)(O)OCC. The van der Waals surface area contributed by atoms with Crippen LogP contribution in [-0.2, 0) is 32.7 Å². The Morgan fingerprint density at radius 1 is 0.609 bits per heavy atom. The molecule has 8 nitrogen and oxygen atoms in total. The van der Waals surface area contributed by atoms with E-state index in [4.69, 9.17) is 18.5 Å². The molecule has 0 aliphatic heterocycles. The van der Waals surface area contributed by atoms with Gasteiger partial charge in [0.1, 0.15) is 6.61 Å². The molecule has 0 rings (SSSR count). The van der Waals surface area contributed by atoms with Crippen molar-refractivity contribution in [1.29, 1.82) is 0 Å². The minimum absolute atomic E-state index is 0.00836. The lowest BCUT2D eigenvalue weighted by molar-refractivity contribution is -0.161. The van der Waals surface area contributed by atoms with E-state index in [1.165, 1.54) is 32.1 Å². The first kappa shape index (κ1) is 44.0. The Hall–Kier alpha value is -1.99. The molecular formula is C37H65O8P. The van der Waals surface area contributed by atoms with Crippen molar-refractivity contribution < 1.29 is 37.6 Å². The van der Waals surface area contributed by atoms with Crippen LogP contribution in [0, 0.1) is 0 Å². The third-order valence-corrected chi connectivity index (χ3v) is 8.18. The number of carbonyl (C=O) groups excluding carboxylic acids is 2. The Balaban J connectivity index is 4.26. The molecule has 0 saturated heterocycles. The normalized spacial score (nSPS) is 14.1. The molecule has 0 aliphatic carbocycles. The summed E-state index contributed by atoms with van der Waals surface area (Å²) in [7, 11) is -4.28. The number of ether oxygens (including phenoxy) is 2. The van der Waals surface area contributed by atoms with Crippen LogP contribution in [0.2, 0.25) is 0 Å². The lowest BCUT2D eigenvalue weighted by atomic mass is 10.1. The Morgan fingerprint density at radius 2 is 1.11 bits per heavy atom. The summed E-state index contributed by atoms with van der Waals surface area (Å²) in [5.74, 6) is -0.848. The monoisotopic (exact) mass is 668 g/mol. The molecule has 266 valence electrons. The van der Waals surface area contributed by atoms with Crippen LogP contribution in [-0.4, -0.2) is 42.8 Å². The second kappa shape index (κ2) is 32.9. The van der Waals surface area contributed by atoms with Crippen LogP contribution >= 0.6 is 7.82 Å². The average molecular weight is 669 g/mol. The molecule has 46 heavy (non-hydrogen) atoms. The zero-order chi connectivity index (χ0) is 34.0. The molecule has 0 aromatic heterocycles. The van der Waals surface area contributed by atoms with Gasteiger partial charge in [-0.25, -0.2) is 4.57 Å². The third kappa shape index (κ3) is 32.0. The van der Waals surface area contributed by atoms with Gasteiger partial charge in [0, 0.05) is 12.8 Å². The number of carbonyl (C=O) groups is 2. The van der Waals surface area contributed by atoms with Crippen molar-refractivity contribution in [3.8, 4) is 0 Å². The number of esters is 2. The summed E-state index contributed by atoms with van der Waals surface area (Å²) in [4.78, 5) is 34.5. The number of phosphoric ester groups is 1. The minimum Gasteiger partial charge on any atom is -0.462 e. The van der Waals surface area contributed by atoms with Gasteiger partial charge in [0.05, 0.1) is 13.2 Å². The fourth-order valence-electron chi connectivity index (χ4n) is 4.52. The van der Waals surface area contributed by atoms with Gasteiger partial charge in [0.15, 0.2) is 6.10 Å². The second-order valence-corrected chi connectivity index (χ2v) is 13.0. The summed E-state index contributed by atoms with van der Waals surface area (Å²) in [5, 5.41) is 0. The highest BCUT2D eigenvalue weighted by atomic mass is 31.2. The van der Waals surface area contributed by atoms with E-state index in [-0.39, 0.29) is 32.0 Å². The maximum Gasteiger partial charge on any atom is 0.472 e. The average Bonchev–Trinajstić information content (AvgIpc) is 3.03. The van der Waals surface area contributed by atoms with Gasteiger partial charge in [-0.1, -0.05) is 107 Å². The maximum atomic E-state index is 12.4. The summed E-state index contributed by atoms with van der Waals surface area (Å²) in [6.45, 7) is 5.26. The van der Waals surface area contributed by atoms with E-state index in [2.05, 4.69) is 62.5 Å². The Morgan fingerprint density at radius 3 is 1.72 bits per heavy atom. The number of unbranched alkanes of at least 4 members (excludes halogenated alkanes) is 12. The molecule has 0 fully saturated rings. The summed E-state index contributed by atoms with van der Waals surface area (Å²) in [5.41, 5.74) is 0. The van der Waals surface area contributed by atoms with Crippen molar-refractivity contribution in [3.63, 3.8) is 0 Å². The first-order chi connectivity index (χ1) is 22.3. The van der Waals surface area contributed by atoms with Gasteiger partial charge in [-0.15, -0.1) is 0 Å². The highest BCUT2D eigenvalue weighted by Gasteiger charge is 2.25. The quantitative estimate of drug-likeness (QED) is 0.0326. The number of hydrogen-bond donors (Lipinski definition) is 1. The topological polar surface area (TPSA) is 108 Å². The van der Waals surface area contributed by atoms with Gasteiger partial charge >= 0.3 is 19.8 Å². The van der Waals surface area contributed by atoms with Gasteiger partial charge in [0.2, 0.25) is 0 Å². The fraction of sp³-hybridized carbons (Fsp3) is 0.730. The standard InChI is InChI=1S/C37H65O8P/c1-4-7-9-11-13-15-17-19-21-23-25-27-29-31-36(38)42-33-35(34-44-46(40,41)43-6-3)45-37(39)32-30-28-26-24-22-20-18-16-14-12-10-8-5-2/h8,10,14-17,20,22,35H,4-7,9,11-13,18-19,21,23-34H2,1-3H3,(H,40,41)/b10-8-,16-14-,17-15-,22-20-. The number of allylic oxidation sites excluding steroid dienone is 8. The number of rotatable bonds is 32. The first-order valence-electron chi connectivity index (χ1n) is 17.9. The molecule has 0 bridgehead atoms. The minimum atomic E-state index is -4.28. The van der Waals surface area contributed by atoms with Crippen LogP contribution in [0.4, 0.5) is 0 Å². The Bertz CT molecular complexity index is 896. The number of hydrogen-bond acceptors (Lipinski definition) is 7. The maximum absolute atomic E-state index is 12.4. The van der Waals surface area contributed by atoms with E-state index >= 15 is 0 Å². The molecule has 0 spiro atoms. The van der Waals surface area contributed by atoms with E-state index in [9.17, 15) is 19.0 Å². The summed E-state index contributed by atoms with van der Waals surface area (Å²) < 4.78 is 32.4. The predicted octanol–water partition coefficient (Wildman–Crippen LogP) is 10.7. The van der Waals surface area contributed by atoms with E-state index in [1.54, 1.807) is 6.92 Å². The lowest BCUT2D eigenvalue weighted by Crippen LogP contribution is -2.29. The van der Waals surface area contributed by atoms with Crippen LogP contribution in [0.3, 0.4) is 0 Å². The van der Waals surface area contributed by atoms with Gasteiger partial charge in [-0.3, -0.25) is 18.6 Å². The van der Waals surface area contributed by atoms with E-state index < -0.39 is 26.5 Å². The molecule has 2 unspecified atom stereocenters. The second-order valence-electron chi connectivity index (χ2n) is 11.5. The van der Waals surface area contributed by atoms with Gasteiger partial charge in [0.25, 0.3) is 0 Å². The fourth-order valence-corrected chi connectivity index (χ4v) is 5.27. The molecule has 9 heteroatoms. The molecule has 0 amide bonds. The molecule has 0 radical (unpaired) electrons. The zero-order valence-electron chi connectivity index (χ0n) is 29.2.